The van der Waals surface area contributed by atoms with Gasteiger partial charge in [-0.05, 0) is 36.1 Å². The Labute approximate surface area is 223 Å². The molecule has 3 aromatic rings. The normalized spacial score (nSPS) is 14.3. The van der Waals surface area contributed by atoms with E-state index in [1.165, 1.54) is 23.6 Å². The highest BCUT2D eigenvalue weighted by Gasteiger charge is 2.32. The smallest absolute Gasteiger partial charge is 0.271 e. The molecule has 1 N–H and O–H groups in total. The quantitative estimate of drug-likeness (QED) is 0.257. The first-order valence-corrected chi connectivity index (χ1v) is 12.8. The maximum absolute atomic E-state index is 13.2. The minimum absolute atomic E-state index is 0.00238. The molecule has 1 saturated heterocycles. The Morgan fingerprint density at radius 2 is 1.76 bits per heavy atom. The number of Topliss-reactive ketones (excluding diaryl/α,β-unsaturated/α-hetero) is 1. The van der Waals surface area contributed by atoms with E-state index < -0.39 is 17.2 Å². The van der Waals surface area contributed by atoms with E-state index in [0.29, 0.717) is 15.6 Å². The van der Waals surface area contributed by atoms with Crippen LogP contribution in [0.3, 0.4) is 0 Å². The number of thiocarbonyl (C=S) groups is 1. The van der Waals surface area contributed by atoms with Crippen molar-refractivity contribution in [2.45, 2.75) is 26.3 Å². The molecule has 186 valence electrons. The van der Waals surface area contributed by atoms with Crippen molar-refractivity contribution in [1.82, 2.24) is 9.47 Å². The number of nitriles is 1. The summed E-state index contributed by atoms with van der Waals surface area (Å²) in [6.07, 6.45) is 2.07. The number of carbonyl (C=O) groups is 2. The molecule has 2 aromatic carbocycles. The van der Waals surface area contributed by atoms with Gasteiger partial charge in [-0.3, -0.25) is 23.9 Å². The molecule has 1 aromatic heterocycles. The van der Waals surface area contributed by atoms with Gasteiger partial charge in [0.1, 0.15) is 16.0 Å². The molecule has 0 radical (unpaired) electrons. The lowest BCUT2D eigenvalue weighted by atomic mass is 9.99. The van der Waals surface area contributed by atoms with Crippen LogP contribution in [0, 0.1) is 18.3 Å². The van der Waals surface area contributed by atoms with Crippen molar-refractivity contribution >= 4 is 46.1 Å². The molecule has 0 spiro atoms. The zero-order chi connectivity index (χ0) is 26.5. The van der Waals surface area contributed by atoms with Crippen LogP contribution < -0.4 is 5.56 Å². The minimum atomic E-state index is -0.652. The molecule has 1 amide bonds. The van der Waals surface area contributed by atoms with Gasteiger partial charge in [-0.2, -0.15) is 5.26 Å². The molecule has 1 aliphatic rings. The first kappa shape index (κ1) is 26.1. The Balaban J connectivity index is 1.51. The predicted molar refractivity (Wildman–Crippen MR) is 147 cm³/mol. The molecule has 0 aliphatic carbocycles. The summed E-state index contributed by atoms with van der Waals surface area (Å²) in [6, 6.07) is 20.3. The van der Waals surface area contributed by atoms with Gasteiger partial charge < -0.3 is 5.11 Å². The molecule has 0 atom stereocenters. The fourth-order valence-corrected chi connectivity index (χ4v) is 5.42. The van der Waals surface area contributed by atoms with Crippen molar-refractivity contribution in [3.05, 3.63) is 104 Å². The Morgan fingerprint density at radius 3 is 2.41 bits per heavy atom. The van der Waals surface area contributed by atoms with E-state index in [1.54, 1.807) is 30.3 Å². The van der Waals surface area contributed by atoms with Crippen LogP contribution in [0.2, 0.25) is 0 Å². The molecule has 0 unspecified atom stereocenters. The van der Waals surface area contributed by atoms with Gasteiger partial charge in [0, 0.05) is 13.0 Å². The maximum atomic E-state index is 13.2. The van der Waals surface area contributed by atoms with E-state index in [4.69, 9.17) is 12.2 Å². The average molecular weight is 530 g/mol. The zero-order valence-electron chi connectivity index (χ0n) is 20.0. The van der Waals surface area contributed by atoms with E-state index in [2.05, 4.69) is 0 Å². The molecule has 0 saturated carbocycles. The van der Waals surface area contributed by atoms with Gasteiger partial charge in [-0.25, -0.2) is 0 Å². The molecular weight excluding hydrogens is 506 g/mol. The Kier molecular flexibility index (Phi) is 8.01. The monoisotopic (exact) mass is 529 g/mol. The largest absolute Gasteiger partial charge is 0.494 e. The highest BCUT2D eigenvalue weighted by molar-refractivity contribution is 8.26. The topological polar surface area (TPSA) is 103 Å². The van der Waals surface area contributed by atoms with Crippen LogP contribution in [0.1, 0.15) is 45.5 Å². The van der Waals surface area contributed by atoms with Gasteiger partial charge >= 0.3 is 0 Å². The lowest BCUT2D eigenvalue weighted by Crippen LogP contribution is -2.30. The number of pyridine rings is 1. The molecule has 2 heterocycles. The van der Waals surface area contributed by atoms with E-state index in [1.807, 2.05) is 42.5 Å². The van der Waals surface area contributed by atoms with Crippen LogP contribution in [0.5, 0.6) is 5.88 Å². The third-order valence-electron chi connectivity index (χ3n) is 6.02. The number of hydrogen-bond donors (Lipinski definition) is 1. The van der Waals surface area contributed by atoms with Crippen molar-refractivity contribution in [2.24, 2.45) is 0 Å². The van der Waals surface area contributed by atoms with E-state index >= 15 is 0 Å². The summed E-state index contributed by atoms with van der Waals surface area (Å²) in [4.78, 5) is 40.9. The Hall–Kier alpha value is -4.00. The summed E-state index contributed by atoms with van der Waals surface area (Å²) >= 11 is 6.60. The summed E-state index contributed by atoms with van der Waals surface area (Å²) in [5, 5.41) is 20.5. The maximum Gasteiger partial charge on any atom is 0.271 e. The highest BCUT2D eigenvalue weighted by atomic mass is 32.2. The third kappa shape index (κ3) is 5.56. The average Bonchev–Trinajstić information content (AvgIpc) is 3.15. The van der Waals surface area contributed by atoms with Crippen molar-refractivity contribution < 1.29 is 14.7 Å². The second-order valence-corrected chi connectivity index (χ2v) is 10.1. The summed E-state index contributed by atoms with van der Waals surface area (Å²) in [5.74, 6) is -1.10. The summed E-state index contributed by atoms with van der Waals surface area (Å²) in [7, 11) is 0. The zero-order valence-corrected chi connectivity index (χ0v) is 21.6. The van der Waals surface area contributed by atoms with Crippen molar-refractivity contribution in [1.29, 1.82) is 5.26 Å². The number of aromatic hydroxyl groups is 1. The van der Waals surface area contributed by atoms with Gasteiger partial charge in [0.05, 0.1) is 17.0 Å². The molecule has 9 heteroatoms. The summed E-state index contributed by atoms with van der Waals surface area (Å²) in [6.45, 7) is 1.73. The number of rotatable bonds is 8. The van der Waals surface area contributed by atoms with Crippen LogP contribution >= 0.6 is 24.0 Å². The van der Waals surface area contributed by atoms with Gasteiger partial charge in [0.25, 0.3) is 11.5 Å². The van der Waals surface area contributed by atoms with E-state index in [-0.39, 0.29) is 42.1 Å². The number of thioether (sulfide) groups is 1. The molecular formula is C28H23N3O4S2. The van der Waals surface area contributed by atoms with Crippen molar-refractivity contribution in [2.75, 3.05) is 6.54 Å². The predicted octanol–water partition coefficient (Wildman–Crippen LogP) is 4.65. The number of carbonyl (C=O) groups excluding carboxylic acids is 2. The first-order chi connectivity index (χ1) is 17.8. The number of nitrogens with zero attached hydrogens (tertiary/aromatic N) is 3. The fraction of sp³-hybridized carbons (Fsp3) is 0.179. The number of benzene rings is 2. The molecule has 4 rings (SSSR count). The van der Waals surface area contributed by atoms with Gasteiger partial charge in [0.2, 0.25) is 5.88 Å². The lowest BCUT2D eigenvalue weighted by Gasteiger charge is -2.17. The number of amides is 1. The second-order valence-electron chi connectivity index (χ2n) is 8.46. The highest BCUT2D eigenvalue weighted by Crippen LogP contribution is 2.33. The van der Waals surface area contributed by atoms with Crippen LogP contribution in [0.15, 0.2) is 70.4 Å². The van der Waals surface area contributed by atoms with Gasteiger partial charge in [-0.15, -0.1) is 0 Å². The van der Waals surface area contributed by atoms with Crippen molar-refractivity contribution in [3.8, 4) is 11.9 Å². The summed E-state index contributed by atoms with van der Waals surface area (Å²) in [5.41, 5.74) is 0.893. The summed E-state index contributed by atoms with van der Waals surface area (Å²) < 4.78 is 1.46. The molecule has 0 bridgehead atoms. The fourth-order valence-electron chi connectivity index (χ4n) is 4.11. The van der Waals surface area contributed by atoms with Crippen LogP contribution in [0.4, 0.5) is 0 Å². The van der Waals surface area contributed by atoms with Crippen LogP contribution in [-0.2, 0) is 11.3 Å². The third-order valence-corrected chi connectivity index (χ3v) is 7.40. The second kappa shape index (κ2) is 11.4. The molecule has 1 aliphatic heterocycles. The standard InChI is InChI=1S/C28H23N3O4S2/c1-18-21(16-29)25(33)31(17-20-11-6-3-7-12-20)27(35)24(18)22(32)13-8-14-30-26(34)23(37-28(30)36)15-19-9-4-2-5-10-19/h2-7,9-12,15,35H,8,13-14,17H2,1H3/b23-15-. The molecule has 1 fully saturated rings. The van der Waals surface area contributed by atoms with Crippen LogP contribution in [-0.4, -0.2) is 37.1 Å². The number of aromatic nitrogens is 1. The van der Waals surface area contributed by atoms with E-state index in [0.717, 1.165) is 15.7 Å². The first-order valence-electron chi connectivity index (χ1n) is 11.6. The van der Waals surface area contributed by atoms with Gasteiger partial charge in [-0.1, -0.05) is 84.6 Å². The number of hydrogen-bond acceptors (Lipinski definition) is 7. The molecule has 7 nitrogen and oxygen atoms in total. The Bertz CT molecular complexity index is 1510. The number of ketones is 1. The van der Waals surface area contributed by atoms with E-state index in [9.17, 15) is 24.8 Å². The molecule has 37 heavy (non-hydrogen) atoms. The lowest BCUT2D eigenvalue weighted by molar-refractivity contribution is -0.122. The van der Waals surface area contributed by atoms with Gasteiger partial charge in [0.15, 0.2) is 5.78 Å². The Morgan fingerprint density at radius 1 is 1.11 bits per heavy atom. The SMILES string of the molecule is Cc1c(C(=O)CCCN2C(=O)/C(=C/c3ccccc3)SC2=S)c(O)n(Cc2ccccc2)c(=O)c1C#N. The minimum Gasteiger partial charge on any atom is -0.494 e. The van der Waals surface area contributed by atoms with Crippen LogP contribution in [0.25, 0.3) is 6.08 Å². The van der Waals surface area contributed by atoms with Crippen molar-refractivity contribution in [3.63, 3.8) is 0 Å².